The Labute approximate surface area is 192 Å². The first kappa shape index (κ1) is 24.1. The predicted octanol–water partition coefficient (Wildman–Crippen LogP) is 3.37. The minimum Gasteiger partial charge on any atom is -0.496 e. The highest BCUT2D eigenvalue weighted by molar-refractivity contribution is 7.92. The minimum atomic E-state index is -3.34. The van der Waals surface area contributed by atoms with E-state index < -0.39 is 21.3 Å². The van der Waals surface area contributed by atoms with Crippen LogP contribution in [0.3, 0.4) is 0 Å². The van der Waals surface area contributed by atoms with E-state index in [0.29, 0.717) is 17.1 Å². The van der Waals surface area contributed by atoms with Gasteiger partial charge >= 0.3 is 5.69 Å². The number of rotatable bonds is 6. The summed E-state index contributed by atoms with van der Waals surface area (Å²) in [7, 11) is -1.75. The number of hydrogen-bond donors (Lipinski definition) is 2. The molecule has 8 nitrogen and oxygen atoms in total. The van der Waals surface area contributed by atoms with Gasteiger partial charge in [-0.3, -0.25) is 19.1 Å². The first-order chi connectivity index (χ1) is 15.4. The monoisotopic (exact) mass is 469 g/mol. The van der Waals surface area contributed by atoms with Crippen molar-refractivity contribution >= 4 is 27.9 Å². The molecule has 33 heavy (non-hydrogen) atoms. The highest BCUT2D eigenvalue weighted by Crippen LogP contribution is 2.37. The lowest BCUT2D eigenvalue weighted by atomic mass is 9.84. The van der Waals surface area contributed by atoms with Crippen LogP contribution in [0.2, 0.25) is 0 Å². The normalized spacial score (nSPS) is 12.2. The first-order valence-corrected chi connectivity index (χ1v) is 12.1. The number of aromatic amines is 1. The molecule has 0 unspecified atom stereocenters. The van der Waals surface area contributed by atoms with Crippen LogP contribution < -0.4 is 20.7 Å². The summed E-state index contributed by atoms with van der Waals surface area (Å²) < 4.78 is 32.3. The van der Waals surface area contributed by atoms with Gasteiger partial charge in [-0.1, -0.05) is 45.1 Å². The predicted molar refractivity (Wildman–Crippen MR) is 132 cm³/mol. The van der Waals surface area contributed by atoms with Crippen LogP contribution in [0.1, 0.15) is 37.5 Å². The van der Waals surface area contributed by atoms with E-state index in [2.05, 4.69) is 9.71 Å². The van der Waals surface area contributed by atoms with Crippen molar-refractivity contribution in [1.82, 2.24) is 9.55 Å². The molecule has 0 saturated heterocycles. The second-order valence-corrected chi connectivity index (χ2v) is 10.4. The van der Waals surface area contributed by atoms with E-state index >= 15 is 0 Å². The smallest absolute Gasteiger partial charge is 0.332 e. The van der Waals surface area contributed by atoms with Gasteiger partial charge < -0.3 is 4.74 Å². The van der Waals surface area contributed by atoms with Crippen molar-refractivity contribution in [3.05, 3.63) is 86.2 Å². The third-order valence-electron chi connectivity index (χ3n) is 4.89. The lowest BCUT2D eigenvalue weighted by Crippen LogP contribution is -2.28. The first-order valence-electron chi connectivity index (χ1n) is 10.2. The van der Waals surface area contributed by atoms with Crippen molar-refractivity contribution in [3.8, 4) is 11.4 Å². The van der Waals surface area contributed by atoms with Crippen LogP contribution in [0.25, 0.3) is 17.8 Å². The lowest BCUT2D eigenvalue weighted by molar-refractivity contribution is 0.396. The molecular formula is C24H27N3O5S. The maximum atomic E-state index is 12.4. The molecule has 0 spiro atoms. The Balaban J connectivity index is 2.10. The molecule has 9 heteroatoms. The molecule has 3 aromatic rings. The zero-order valence-corrected chi connectivity index (χ0v) is 20.0. The summed E-state index contributed by atoms with van der Waals surface area (Å²) in [6.07, 6.45) is 6.28. The summed E-state index contributed by atoms with van der Waals surface area (Å²) in [5.41, 5.74) is 2.28. The summed E-state index contributed by atoms with van der Waals surface area (Å²) >= 11 is 0. The zero-order valence-electron chi connectivity index (χ0n) is 19.2. The topological polar surface area (TPSA) is 110 Å². The van der Waals surface area contributed by atoms with Gasteiger partial charge in [0.2, 0.25) is 10.0 Å². The zero-order chi connectivity index (χ0) is 24.4. The number of H-pyrrole nitrogens is 1. The number of benzene rings is 2. The number of ether oxygens (including phenoxy) is 1. The number of nitrogens with zero attached hydrogens (tertiary/aromatic N) is 1. The number of aromatic nitrogens is 2. The summed E-state index contributed by atoms with van der Waals surface area (Å²) in [6, 6.07) is 11.9. The maximum absolute atomic E-state index is 12.4. The van der Waals surface area contributed by atoms with E-state index in [-0.39, 0.29) is 5.41 Å². The average molecular weight is 470 g/mol. The number of methoxy groups -OCH3 is 1. The van der Waals surface area contributed by atoms with Gasteiger partial charge in [0, 0.05) is 29.1 Å². The van der Waals surface area contributed by atoms with Crippen molar-refractivity contribution in [2.75, 3.05) is 18.1 Å². The van der Waals surface area contributed by atoms with E-state index in [9.17, 15) is 18.0 Å². The van der Waals surface area contributed by atoms with Gasteiger partial charge in [0.1, 0.15) is 5.75 Å². The number of hydrogen-bond acceptors (Lipinski definition) is 5. The summed E-state index contributed by atoms with van der Waals surface area (Å²) in [5.74, 6) is 0.676. The van der Waals surface area contributed by atoms with Crippen LogP contribution >= 0.6 is 0 Å². The van der Waals surface area contributed by atoms with Crippen LogP contribution in [0.15, 0.2) is 58.3 Å². The maximum Gasteiger partial charge on any atom is 0.332 e. The summed E-state index contributed by atoms with van der Waals surface area (Å²) in [5, 5.41) is 0. The molecule has 2 N–H and O–H groups in total. The van der Waals surface area contributed by atoms with Crippen LogP contribution in [0.4, 0.5) is 5.69 Å². The van der Waals surface area contributed by atoms with Crippen molar-refractivity contribution in [2.45, 2.75) is 26.2 Å². The Morgan fingerprint density at radius 2 is 1.70 bits per heavy atom. The van der Waals surface area contributed by atoms with E-state index in [1.165, 1.54) is 16.8 Å². The van der Waals surface area contributed by atoms with E-state index in [1.54, 1.807) is 31.4 Å². The highest BCUT2D eigenvalue weighted by Gasteiger charge is 2.22. The molecule has 3 rings (SSSR count). The fraction of sp³-hybridized carbons (Fsp3) is 0.250. The molecule has 0 atom stereocenters. The molecule has 1 heterocycles. The van der Waals surface area contributed by atoms with Gasteiger partial charge in [0.15, 0.2) is 0 Å². The largest absolute Gasteiger partial charge is 0.496 e. The second kappa shape index (κ2) is 9.11. The lowest BCUT2D eigenvalue weighted by Gasteiger charge is -2.25. The molecule has 0 radical (unpaired) electrons. The third kappa shape index (κ3) is 6.01. The Hall–Kier alpha value is -3.59. The molecule has 1 aromatic heterocycles. The molecule has 0 bridgehead atoms. The molecule has 2 aromatic carbocycles. The molecule has 0 aliphatic carbocycles. The van der Waals surface area contributed by atoms with Crippen molar-refractivity contribution in [2.24, 2.45) is 0 Å². The fourth-order valence-electron chi connectivity index (χ4n) is 3.37. The average Bonchev–Trinajstić information content (AvgIpc) is 2.71. The van der Waals surface area contributed by atoms with Crippen molar-refractivity contribution < 1.29 is 13.2 Å². The Bertz CT molecular complexity index is 1410. The Kier molecular flexibility index (Phi) is 6.64. The van der Waals surface area contributed by atoms with Crippen LogP contribution in [-0.4, -0.2) is 31.3 Å². The highest BCUT2D eigenvalue weighted by atomic mass is 32.2. The van der Waals surface area contributed by atoms with Crippen LogP contribution in [0.5, 0.6) is 5.75 Å². The molecule has 0 amide bonds. The Morgan fingerprint density at radius 3 is 2.24 bits per heavy atom. The van der Waals surface area contributed by atoms with Gasteiger partial charge in [-0.05, 0) is 35.2 Å². The standard InChI is InChI=1S/C24H27N3O5S/c1-24(2,3)20-15-19(27-13-12-21(28)25-23(27)29)14-17(22(20)32-4)9-6-16-7-10-18(11-8-16)26-33(5,30)31/h6-15,26H,1-5H3,(H,25,28,29)/b9-6+. The second-order valence-electron chi connectivity index (χ2n) is 8.68. The summed E-state index contributed by atoms with van der Waals surface area (Å²) in [4.78, 5) is 26.2. The van der Waals surface area contributed by atoms with Crippen LogP contribution in [-0.2, 0) is 15.4 Å². The van der Waals surface area contributed by atoms with Gasteiger partial charge in [-0.15, -0.1) is 0 Å². The quantitative estimate of drug-likeness (QED) is 0.538. The van der Waals surface area contributed by atoms with Gasteiger partial charge in [-0.2, -0.15) is 0 Å². The summed E-state index contributed by atoms with van der Waals surface area (Å²) in [6.45, 7) is 6.14. The molecule has 0 aliphatic heterocycles. The molecule has 0 aliphatic rings. The van der Waals surface area contributed by atoms with Crippen molar-refractivity contribution in [1.29, 1.82) is 0 Å². The number of nitrogens with one attached hydrogen (secondary N) is 2. The Morgan fingerprint density at radius 1 is 1.03 bits per heavy atom. The molecular weight excluding hydrogens is 442 g/mol. The minimum absolute atomic E-state index is 0.283. The molecule has 0 fully saturated rings. The number of anilines is 1. The molecule has 174 valence electrons. The van der Waals surface area contributed by atoms with E-state index in [1.807, 2.05) is 45.1 Å². The molecule has 0 saturated carbocycles. The third-order valence-corrected chi connectivity index (χ3v) is 5.49. The van der Waals surface area contributed by atoms with Crippen LogP contribution in [0, 0.1) is 0 Å². The number of sulfonamides is 1. The van der Waals surface area contributed by atoms with Gasteiger partial charge in [-0.25, -0.2) is 13.2 Å². The SMILES string of the molecule is COc1c(/C=C/c2ccc(NS(C)(=O)=O)cc2)cc(-n2ccc(=O)[nH]c2=O)cc1C(C)(C)C. The van der Waals surface area contributed by atoms with Gasteiger partial charge in [0.05, 0.1) is 19.1 Å². The van der Waals surface area contributed by atoms with Crippen molar-refractivity contribution in [3.63, 3.8) is 0 Å². The van der Waals surface area contributed by atoms with E-state index in [4.69, 9.17) is 4.74 Å². The van der Waals surface area contributed by atoms with E-state index in [0.717, 1.165) is 22.9 Å². The fourth-order valence-corrected chi connectivity index (χ4v) is 3.93. The van der Waals surface area contributed by atoms with Gasteiger partial charge in [0.25, 0.3) is 5.56 Å².